The molecule has 1 heterocycles. The Morgan fingerprint density at radius 1 is 1.03 bits per heavy atom. The zero-order valence-corrected chi connectivity index (χ0v) is 22.2. The smallest absolute Gasteiger partial charge is 0.365 e. The molecule has 1 saturated heterocycles. The Morgan fingerprint density at radius 2 is 1.79 bits per heavy atom. The molecule has 0 amide bonds. The van der Waals surface area contributed by atoms with E-state index in [1.54, 1.807) is 0 Å². The van der Waals surface area contributed by atoms with Crippen LogP contribution in [0, 0.1) is 46.3 Å². The molecule has 0 aromatic heterocycles. The first kappa shape index (κ1) is 24.5. The van der Waals surface area contributed by atoms with Crippen LogP contribution in [0.3, 0.4) is 0 Å². The largest absolute Gasteiger partial charge is 0.397 e. The van der Waals surface area contributed by atoms with Crippen LogP contribution in [0.25, 0.3) is 0 Å². The van der Waals surface area contributed by atoms with Crippen molar-refractivity contribution >= 4 is 10.4 Å². The van der Waals surface area contributed by atoms with Crippen molar-refractivity contribution in [2.45, 2.75) is 123 Å². The summed E-state index contributed by atoms with van der Waals surface area (Å²) in [6.07, 6.45) is 12.5. The van der Waals surface area contributed by atoms with E-state index in [2.05, 4.69) is 34.6 Å². The summed E-state index contributed by atoms with van der Waals surface area (Å²) in [4.78, 5) is 0. The van der Waals surface area contributed by atoms with Crippen LogP contribution in [0.1, 0.15) is 105 Å². The maximum absolute atomic E-state index is 11.8. The van der Waals surface area contributed by atoms with Crippen LogP contribution in [0.4, 0.5) is 0 Å². The first-order chi connectivity index (χ1) is 15.4. The lowest BCUT2D eigenvalue weighted by atomic mass is 9.43. The number of fused-ring (bicyclic) bond motifs is 4. The van der Waals surface area contributed by atoms with Gasteiger partial charge in [0, 0.05) is 5.41 Å². The predicted octanol–water partition coefficient (Wildman–Crippen LogP) is 6.43. The van der Waals surface area contributed by atoms with Gasteiger partial charge in [0.15, 0.2) is 0 Å². The third kappa shape index (κ3) is 3.76. The Labute approximate surface area is 201 Å². The van der Waals surface area contributed by atoms with E-state index in [0.29, 0.717) is 29.6 Å². The first-order valence-electron chi connectivity index (χ1n) is 13.8. The Bertz CT molecular complexity index is 857. The molecular formula is C27H46O5S. The van der Waals surface area contributed by atoms with Crippen molar-refractivity contribution in [3.63, 3.8) is 0 Å². The van der Waals surface area contributed by atoms with Gasteiger partial charge in [0.2, 0.25) is 0 Å². The average molecular weight is 483 g/mol. The Balaban J connectivity index is 1.38. The topological polar surface area (TPSA) is 76.1 Å². The molecular weight excluding hydrogens is 436 g/mol. The summed E-state index contributed by atoms with van der Waals surface area (Å²) >= 11 is 0. The highest BCUT2D eigenvalue weighted by atomic mass is 32.3. The van der Waals surface area contributed by atoms with E-state index in [-0.39, 0.29) is 17.1 Å². The minimum absolute atomic E-state index is 0.237. The summed E-state index contributed by atoms with van der Waals surface area (Å²) in [6.45, 7) is 12.0. The lowest BCUT2D eigenvalue weighted by Crippen LogP contribution is -2.62. The average Bonchev–Trinajstić information content (AvgIpc) is 3.29. The molecule has 5 rings (SSSR count). The first-order valence-corrected chi connectivity index (χ1v) is 15.1. The molecule has 4 aliphatic carbocycles. The van der Waals surface area contributed by atoms with Crippen molar-refractivity contribution in [2.75, 3.05) is 0 Å². The molecule has 10 atom stereocenters. The lowest BCUT2D eigenvalue weighted by Gasteiger charge is -2.60. The molecule has 6 heteroatoms. The van der Waals surface area contributed by atoms with E-state index in [0.717, 1.165) is 43.4 Å². The zero-order chi connectivity index (χ0) is 23.8. The Morgan fingerprint density at radius 3 is 2.48 bits per heavy atom. The molecule has 190 valence electrons. The fourth-order valence-electron chi connectivity index (χ4n) is 10.0. The molecule has 0 aromatic carbocycles. The summed E-state index contributed by atoms with van der Waals surface area (Å²) in [5.41, 5.74) is -0.188. The second-order valence-corrected chi connectivity index (χ2v) is 14.4. The predicted molar refractivity (Wildman–Crippen MR) is 129 cm³/mol. The van der Waals surface area contributed by atoms with Gasteiger partial charge in [0.05, 0.1) is 12.2 Å². The van der Waals surface area contributed by atoms with Gasteiger partial charge in [-0.3, -0.25) is 4.55 Å². The highest BCUT2D eigenvalue weighted by Gasteiger charge is 2.78. The highest BCUT2D eigenvalue weighted by molar-refractivity contribution is 7.80. The van der Waals surface area contributed by atoms with Crippen molar-refractivity contribution in [3.05, 3.63) is 0 Å². The molecule has 1 unspecified atom stereocenters. The van der Waals surface area contributed by atoms with E-state index in [1.807, 2.05) is 0 Å². The van der Waals surface area contributed by atoms with E-state index in [4.69, 9.17) is 8.92 Å². The van der Waals surface area contributed by atoms with Crippen molar-refractivity contribution < 1.29 is 21.9 Å². The van der Waals surface area contributed by atoms with Gasteiger partial charge in [0.1, 0.15) is 5.60 Å². The minimum Gasteiger partial charge on any atom is -0.365 e. The summed E-state index contributed by atoms with van der Waals surface area (Å²) in [5, 5.41) is 0. The molecule has 33 heavy (non-hydrogen) atoms. The summed E-state index contributed by atoms with van der Waals surface area (Å²) in [7, 11) is -4.48. The molecule has 0 bridgehead atoms. The fourth-order valence-corrected chi connectivity index (χ4v) is 10.6. The van der Waals surface area contributed by atoms with Gasteiger partial charge in [-0.15, -0.1) is 0 Å². The van der Waals surface area contributed by atoms with Gasteiger partial charge in [0.25, 0.3) is 0 Å². The lowest BCUT2D eigenvalue weighted by molar-refractivity contribution is -0.146. The van der Waals surface area contributed by atoms with Crippen molar-refractivity contribution in [1.29, 1.82) is 0 Å². The number of hydrogen-bond donors (Lipinski definition) is 1. The van der Waals surface area contributed by atoms with E-state index >= 15 is 0 Å². The van der Waals surface area contributed by atoms with Crippen LogP contribution in [-0.2, 0) is 19.3 Å². The molecule has 1 N–H and O–H groups in total. The third-order valence-corrected chi connectivity index (χ3v) is 12.0. The fraction of sp³-hybridized carbons (Fsp3) is 1.00. The second kappa shape index (κ2) is 8.18. The van der Waals surface area contributed by atoms with Gasteiger partial charge in [-0.25, -0.2) is 4.18 Å². The summed E-state index contributed by atoms with van der Waals surface area (Å²) in [6, 6.07) is 0. The molecule has 4 saturated carbocycles. The van der Waals surface area contributed by atoms with Gasteiger partial charge in [-0.1, -0.05) is 53.9 Å². The maximum Gasteiger partial charge on any atom is 0.397 e. The van der Waals surface area contributed by atoms with Crippen LogP contribution in [-0.4, -0.2) is 30.8 Å². The van der Waals surface area contributed by atoms with Crippen LogP contribution in [0.15, 0.2) is 0 Å². The summed E-state index contributed by atoms with van der Waals surface area (Å²) < 4.78 is 45.0. The zero-order valence-electron chi connectivity index (χ0n) is 21.4. The van der Waals surface area contributed by atoms with Gasteiger partial charge in [-0.05, 0) is 92.3 Å². The molecule has 1 spiro atoms. The standard InChI is InChI=1S/C27H46O5S/c1-17(2)8-6-9-18(3)20-11-12-21-19-16-24-27(31-24)14-7-10-23(32-33(28,29)30)26(27,5)22(19)13-15-25(20,21)4/h17-24H,6-16H2,1-5H3,(H,28,29,30)/t18-,19+,20-,21+,22+,23?,24+,25-,26+,27+/m1/s1. The molecule has 0 aromatic rings. The molecule has 5 aliphatic rings. The van der Waals surface area contributed by atoms with E-state index in [1.165, 1.54) is 38.5 Å². The van der Waals surface area contributed by atoms with E-state index in [9.17, 15) is 13.0 Å². The normalized spacial score (nSPS) is 49.7. The number of hydrogen-bond acceptors (Lipinski definition) is 4. The second-order valence-electron chi connectivity index (χ2n) is 13.3. The molecule has 5 nitrogen and oxygen atoms in total. The van der Waals surface area contributed by atoms with Gasteiger partial charge in [-0.2, -0.15) is 8.42 Å². The number of rotatable bonds is 7. The van der Waals surface area contributed by atoms with Gasteiger partial charge < -0.3 is 4.74 Å². The minimum atomic E-state index is -4.48. The van der Waals surface area contributed by atoms with Crippen molar-refractivity contribution in [2.24, 2.45) is 46.3 Å². The molecule has 0 radical (unpaired) electrons. The Hall–Kier alpha value is -0.170. The summed E-state index contributed by atoms with van der Waals surface area (Å²) in [5.74, 6) is 4.04. The third-order valence-electron chi connectivity index (χ3n) is 11.5. The van der Waals surface area contributed by atoms with Crippen molar-refractivity contribution in [3.8, 4) is 0 Å². The quantitative estimate of drug-likeness (QED) is 0.334. The van der Waals surface area contributed by atoms with Crippen LogP contribution < -0.4 is 0 Å². The van der Waals surface area contributed by atoms with Crippen LogP contribution in [0.2, 0.25) is 0 Å². The van der Waals surface area contributed by atoms with Crippen molar-refractivity contribution in [1.82, 2.24) is 0 Å². The molecule has 5 fully saturated rings. The van der Waals surface area contributed by atoms with Crippen LogP contribution in [0.5, 0.6) is 0 Å². The number of ether oxygens (including phenoxy) is 1. The van der Waals surface area contributed by atoms with Crippen LogP contribution >= 0.6 is 0 Å². The monoisotopic (exact) mass is 482 g/mol. The SMILES string of the molecule is CC(C)CCC[C@@H](C)[C@H]1CC[C@H]2[C@@H]3C[C@@H]4O[C@@]45CCCC(OS(=O)(=O)O)[C@]5(C)[C@H]3CC[C@]12C. The Kier molecular flexibility index (Phi) is 6.08. The highest BCUT2D eigenvalue weighted by Crippen LogP contribution is 2.74. The maximum atomic E-state index is 11.8. The van der Waals surface area contributed by atoms with Gasteiger partial charge >= 0.3 is 10.4 Å². The van der Waals surface area contributed by atoms with E-state index < -0.39 is 16.5 Å². The number of epoxide rings is 1. The molecule has 1 aliphatic heterocycles.